The number of benzene rings is 1. The molecule has 1 saturated carbocycles. The highest BCUT2D eigenvalue weighted by Gasteiger charge is 2.44. The summed E-state index contributed by atoms with van der Waals surface area (Å²) in [6, 6.07) is 5.74. The highest BCUT2D eigenvalue weighted by Crippen LogP contribution is 2.40. The summed E-state index contributed by atoms with van der Waals surface area (Å²) in [5.41, 5.74) is 1.04. The number of methoxy groups -OCH3 is 1. The van der Waals surface area contributed by atoms with Gasteiger partial charge >= 0.3 is 5.97 Å². The van der Waals surface area contributed by atoms with E-state index < -0.39 is 5.97 Å². The van der Waals surface area contributed by atoms with Crippen LogP contribution in [0.25, 0.3) is 0 Å². The van der Waals surface area contributed by atoms with E-state index in [0.717, 1.165) is 24.8 Å². The molecule has 1 aromatic rings. The molecule has 0 aromatic heterocycles. The number of halogens is 1. The topological polar surface area (TPSA) is 49.8 Å². The molecule has 1 heterocycles. The average Bonchev–Trinajstić information content (AvgIpc) is 2.87. The van der Waals surface area contributed by atoms with Gasteiger partial charge in [-0.15, -0.1) is 0 Å². The van der Waals surface area contributed by atoms with Crippen LogP contribution in [0.3, 0.4) is 0 Å². The molecular weight excluding hydrogens is 302 g/mol. The monoisotopic (exact) mass is 323 g/mol. The molecular formula is C17H22ClNO3. The molecule has 1 aromatic carbocycles. The van der Waals surface area contributed by atoms with Gasteiger partial charge in [-0.2, -0.15) is 0 Å². The van der Waals surface area contributed by atoms with E-state index in [1.807, 2.05) is 18.2 Å². The number of hydrogen-bond donors (Lipinski definition) is 1. The lowest BCUT2D eigenvalue weighted by molar-refractivity contribution is -0.142. The van der Waals surface area contributed by atoms with Crippen LogP contribution < -0.4 is 4.74 Å². The van der Waals surface area contributed by atoms with Crippen molar-refractivity contribution < 1.29 is 14.6 Å². The number of aliphatic carboxylic acids is 1. The first kappa shape index (κ1) is 15.6. The second kappa shape index (κ2) is 6.47. The predicted octanol–water partition coefficient (Wildman–Crippen LogP) is 3.57. The molecule has 5 heteroatoms. The van der Waals surface area contributed by atoms with E-state index in [2.05, 4.69) is 4.90 Å². The predicted molar refractivity (Wildman–Crippen MR) is 85.3 cm³/mol. The van der Waals surface area contributed by atoms with E-state index in [1.165, 1.54) is 12.8 Å². The van der Waals surface area contributed by atoms with Gasteiger partial charge in [-0.3, -0.25) is 9.69 Å². The number of carbonyl (C=O) groups is 1. The maximum absolute atomic E-state index is 11.6. The standard InChI is InChI=1S/C17H22ClNO3/c1-22-16-7-6-11(8-13(16)18)10-19-14-5-3-2-4-12(14)9-15(19)17(20)21/h6-8,12,14-15H,2-5,9-10H2,1H3,(H,20,21). The van der Waals surface area contributed by atoms with Crippen molar-refractivity contribution in [2.24, 2.45) is 5.92 Å². The summed E-state index contributed by atoms with van der Waals surface area (Å²) in [6.45, 7) is 0.641. The van der Waals surface area contributed by atoms with Crippen molar-refractivity contribution in [1.82, 2.24) is 4.90 Å². The smallest absolute Gasteiger partial charge is 0.320 e. The maximum atomic E-state index is 11.6. The Labute approximate surface area is 136 Å². The number of carboxylic acids is 1. The Balaban J connectivity index is 1.81. The van der Waals surface area contributed by atoms with Crippen molar-refractivity contribution in [3.63, 3.8) is 0 Å². The van der Waals surface area contributed by atoms with Gasteiger partial charge in [-0.25, -0.2) is 0 Å². The molecule has 1 N–H and O–H groups in total. The van der Waals surface area contributed by atoms with Gasteiger partial charge in [0.2, 0.25) is 0 Å². The van der Waals surface area contributed by atoms with Crippen LogP contribution >= 0.6 is 11.6 Å². The van der Waals surface area contributed by atoms with Crippen LogP contribution in [-0.4, -0.2) is 35.2 Å². The van der Waals surface area contributed by atoms with Gasteiger partial charge in [-0.1, -0.05) is 30.5 Å². The van der Waals surface area contributed by atoms with Crippen molar-refractivity contribution >= 4 is 17.6 Å². The number of rotatable bonds is 4. The van der Waals surface area contributed by atoms with Crippen LogP contribution in [0.15, 0.2) is 18.2 Å². The Kier molecular flexibility index (Phi) is 4.59. The molecule has 4 nitrogen and oxygen atoms in total. The largest absolute Gasteiger partial charge is 0.495 e. The Morgan fingerprint density at radius 1 is 1.41 bits per heavy atom. The van der Waals surface area contributed by atoms with E-state index in [9.17, 15) is 9.90 Å². The van der Waals surface area contributed by atoms with E-state index in [-0.39, 0.29) is 6.04 Å². The van der Waals surface area contributed by atoms with Crippen molar-refractivity contribution in [3.8, 4) is 5.75 Å². The molecule has 3 unspecified atom stereocenters. The highest BCUT2D eigenvalue weighted by atomic mass is 35.5. The highest BCUT2D eigenvalue weighted by molar-refractivity contribution is 6.32. The number of carboxylic acid groups (broad SMARTS) is 1. The third kappa shape index (κ3) is 2.95. The molecule has 1 aliphatic carbocycles. The Bertz CT molecular complexity index is 563. The Hall–Kier alpha value is -1.26. The molecule has 1 aliphatic heterocycles. The fourth-order valence-corrected chi connectivity index (χ4v) is 4.32. The zero-order valence-electron chi connectivity index (χ0n) is 12.8. The summed E-state index contributed by atoms with van der Waals surface area (Å²) in [5, 5.41) is 10.1. The van der Waals surface area contributed by atoms with Crippen LogP contribution in [0, 0.1) is 5.92 Å². The second-order valence-electron chi connectivity index (χ2n) is 6.34. The van der Waals surface area contributed by atoms with Gasteiger partial charge in [0.1, 0.15) is 11.8 Å². The minimum atomic E-state index is -0.700. The minimum absolute atomic E-state index is 0.367. The molecule has 3 atom stereocenters. The van der Waals surface area contributed by atoms with Crippen LogP contribution in [0.5, 0.6) is 5.75 Å². The van der Waals surface area contributed by atoms with E-state index in [1.54, 1.807) is 7.11 Å². The first-order valence-corrected chi connectivity index (χ1v) is 8.29. The number of ether oxygens (including phenoxy) is 1. The lowest BCUT2D eigenvalue weighted by atomic mass is 9.84. The number of nitrogens with zero attached hydrogens (tertiary/aromatic N) is 1. The SMILES string of the molecule is COc1ccc(CN2C(C(=O)O)CC3CCCCC32)cc1Cl. The van der Waals surface area contributed by atoms with Gasteiger partial charge in [0.05, 0.1) is 12.1 Å². The van der Waals surface area contributed by atoms with Crippen molar-refractivity contribution in [3.05, 3.63) is 28.8 Å². The maximum Gasteiger partial charge on any atom is 0.320 e. The lowest BCUT2D eigenvalue weighted by Gasteiger charge is -2.33. The quantitative estimate of drug-likeness (QED) is 0.920. The third-order valence-corrected chi connectivity index (χ3v) is 5.38. The summed E-state index contributed by atoms with van der Waals surface area (Å²) in [4.78, 5) is 13.8. The first-order valence-electron chi connectivity index (χ1n) is 7.91. The molecule has 22 heavy (non-hydrogen) atoms. The second-order valence-corrected chi connectivity index (χ2v) is 6.75. The van der Waals surface area contributed by atoms with E-state index in [0.29, 0.717) is 29.3 Å². The molecule has 0 amide bonds. The molecule has 120 valence electrons. The summed E-state index contributed by atoms with van der Waals surface area (Å²) in [6.07, 6.45) is 5.49. The van der Waals surface area contributed by atoms with Crippen molar-refractivity contribution in [1.29, 1.82) is 0 Å². The zero-order chi connectivity index (χ0) is 15.7. The van der Waals surface area contributed by atoms with Crippen LogP contribution in [0.4, 0.5) is 0 Å². The molecule has 3 rings (SSSR count). The summed E-state index contributed by atoms with van der Waals surface area (Å²) >= 11 is 6.19. The van der Waals surface area contributed by atoms with Crippen molar-refractivity contribution in [2.45, 2.75) is 50.7 Å². The molecule has 0 bridgehead atoms. The number of hydrogen-bond acceptors (Lipinski definition) is 3. The Morgan fingerprint density at radius 2 is 2.18 bits per heavy atom. The number of fused-ring (bicyclic) bond motifs is 1. The lowest BCUT2D eigenvalue weighted by Crippen LogP contribution is -2.41. The van der Waals surface area contributed by atoms with Crippen LogP contribution in [0.2, 0.25) is 5.02 Å². The molecule has 2 fully saturated rings. The summed E-state index contributed by atoms with van der Waals surface area (Å²) in [7, 11) is 1.59. The fourth-order valence-electron chi connectivity index (χ4n) is 4.04. The first-order chi connectivity index (χ1) is 10.6. The molecule has 0 spiro atoms. The van der Waals surface area contributed by atoms with E-state index >= 15 is 0 Å². The molecule has 1 saturated heterocycles. The van der Waals surface area contributed by atoms with Crippen LogP contribution in [-0.2, 0) is 11.3 Å². The third-order valence-electron chi connectivity index (χ3n) is 5.09. The van der Waals surface area contributed by atoms with Gasteiger partial charge in [0.25, 0.3) is 0 Å². The van der Waals surface area contributed by atoms with Gasteiger partial charge in [0, 0.05) is 12.6 Å². The fraction of sp³-hybridized carbons (Fsp3) is 0.588. The van der Waals surface area contributed by atoms with Crippen LogP contribution in [0.1, 0.15) is 37.7 Å². The molecule has 2 aliphatic rings. The van der Waals surface area contributed by atoms with Gasteiger partial charge in [0.15, 0.2) is 0 Å². The number of likely N-dealkylation sites (tertiary alicyclic amines) is 1. The van der Waals surface area contributed by atoms with Gasteiger partial charge in [-0.05, 0) is 42.9 Å². The summed E-state index contributed by atoms with van der Waals surface area (Å²) in [5.74, 6) is 0.481. The van der Waals surface area contributed by atoms with Gasteiger partial charge < -0.3 is 9.84 Å². The Morgan fingerprint density at radius 3 is 2.86 bits per heavy atom. The average molecular weight is 324 g/mol. The normalized spacial score (nSPS) is 28.4. The summed E-state index contributed by atoms with van der Waals surface area (Å²) < 4.78 is 5.18. The van der Waals surface area contributed by atoms with E-state index in [4.69, 9.17) is 16.3 Å². The zero-order valence-corrected chi connectivity index (χ0v) is 13.6. The molecule has 0 radical (unpaired) electrons. The van der Waals surface area contributed by atoms with Crippen molar-refractivity contribution in [2.75, 3.05) is 7.11 Å². The minimum Gasteiger partial charge on any atom is -0.495 e.